The molecule has 0 heterocycles. The third-order valence-corrected chi connectivity index (χ3v) is 2.95. The maximum Gasteiger partial charge on any atom is 0.203 e. The number of hydrogen-bond acceptors (Lipinski definition) is 1. The molecule has 0 aromatic heterocycles. The first-order valence-electron chi connectivity index (χ1n) is 5.87. The van der Waals surface area contributed by atoms with Crippen LogP contribution in [0.1, 0.15) is 5.56 Å². The molecule has 0 bridgehead atoms. The highest BCUT2D eigenvalue weighted by atomic mass is 19.2. The average molecular weight is 299 g/mol. The third-order valence-electron chi connectivity index (χ3n) is 2.95. The minimum atomic E-state index is -1.44. The average Bonchev–Trinajstić information content (AvgIpc) is 2.43. The van der Waals surface area contributed by atoms with Crippen molar-refractivity contribution in [1.82, 2.24) is 0 Å². The largest absolute Gasteiger partial charge is 0.494 e. The van der Waals surface area contributed by atoms with Crippen molar-refractivity contribution in [1.29, 1.82) is 0 Å². The molecule has 0 N–H and O–H groups in total. The van der Waals surface area contributed by atoms with Crippen molar-refractivity contribution in [2.45, 2.75) is 6.92 Å². The summed E-state index contributed by atoms with van der Waals surface area (Å²) in [4.78, 5) is 0. The van der Waals surface area contributed by atoms with Crippen LogP contribution in [0.3, 0.4) is 0 Å². The second-order valence-corrected chi connectivity index (χ2v) is 4.37. The van der Waals surface area contributed by atoms with Crippen LogP contribution in [0.4, 0.5) is 22.0 Å². The van der Waals surface area contributed by atoms with Crippen molar-refractivity contribution in [2.24, 2.45) is 0 Å². The van der Waals surface area contributed by atoms with Crippen LogP contribution in [0.2, 0.25) is 0 Å². The van der Waals surface area contributed by atoms with E-state index < -0.39 is 34.5 Å². The van der Waals surface area contributed by atoms with Crippen LogP contribution >= 0.6 is 0 Å². The van der Waals surface area contributed by atoms with Gasteiger partial charge in [0.25, 0.3) is 0 Å². The Balaban J connectivity index is 2.51. The second kappa shape index (κ2) is 5.75. The predicted molar refractivity (Wildman–Crippen MR) is 69.0 cm³/mol. The van der Waals surface area contributed by atoms with Gasteiger partial charge >= 0.3 is 0 Å². The normalized spacial score (nSPS) is 10.6. The van der Waals surface area contributed by atoms with Crippen LogP contribution in [0.15, 0.2) is 18.2 Å². The van der Waals surface area contributed by atoms with Gasteiger partial charge in [0.2, 0.25) is 7.28 Å². The molecule has 2 aromatic rings. The number of hydrogen-bond donors (Lipinski definition) is 0. The van der Waals surface area contributed by atoms with Crippen molar-refractivity contribution < 1.29 is 26.7 Å². The molecule has 0 unspecified atom stereocenters. The fourth-order valence-electron chi connectivity index (χ4n) is 1.83. The van der Waals surface area contributed by atoms with Gasteiger partial charge < -0.3 is 4.74 Å². The summed E-state index contributed by atoms with van der Waals surface area (Å²) >= 11 is 0. The smallest absolute Gasteiger partial charge is 0.203 e. The highest BCUT2D eigenvalue weighted by Gasteiger charge is 2.20. The van der Waals surface area contributed by atoms with E-state index in [0.29, 0.717) is 6.07 Å². The van der Waals surface area contributed by atoms with Crippen molar-refractivity contribution in [2.75, 3.05) is 7.11 Å². The number of aryl methyl sites for hydroxylation is 1. The van der Waals surface area contributed by atoms with Gasteiger partial charge in [-0.3, -0.25) is 0 Å². The Morgan fingerprint density at radius 2 is 1.52 bits per heavy atom. The maximum absolute atomic E-state index is 13.7. The summed E-state index contributed by atoms with van der Waals surface area (Å²) in [5, 5.41) is 0. The number of halogens is 5. The maximum atomic E-state index is 13.7. The molecule has 0 aliphatic rings. The number of benzene rings is 2. The summed E-state index contributed by atoms with van der Waals surface area (Å²) in [5.41, 5.74) is -1.28. The molecule has 21 heavy (non-hydrogen) atoms. The Hall–Kier alpha value is -2.05. The lowest BCUT2D eigenvalue weighted by molar-refractivity contribution is 0.385. The van der Waals surface area contributed by atoms with Crippen LogP contribution in [0, 0.1) is 36.0 Å². The summed E-state index contributed by atoms with van der Waals surface area (Å²) in [5.74, 6) is -6.01. The summed E-state index contributed by atoms with van der Waals surface area (Å²) in [6.07, 6.45) is 0. The van der Waals surface area contributed by atoms with E-state index in [-0.39, 0.29) is 16.8 Å². The van der Waals surface area contributed by atoms with Gasteiger partial charge in [0.15, 0.2) is 23.2 Å². The predicted octanol–water partition coefficient (Wildman–Crippen LogP) is 2.35. The van der Waals surface area contributed by atoms with Crippen LogP contribution in [-0.4, -0.2) is 14.4 Å². The Labute approximate surface area is 118 Å². The quantitative estimate of drug-likeness (QED) is 0.480. The summed E-state index contributed by atoms with van der Waals surface area (Å²) in [6, 6.07) is 2.25. The Morgan fingerprint density at radius 3 is 2.14 bits per heavy atom. The van der Waals surface area contributed by atoms with Gasteiger partial charge in [-0.05, 0) is 35.5 Å². The minimum absolute atomic E-state index is 0.209. The zero-order valence-electron chi connectivity index (χ0n) is 11.1. The van der Waals surface area contributed by atoms with Gasteiger partial charge in [-0.15, -0.1) is 0 Å². The van der Waals surface area contributed by atoms with E-state index in [2.05, 4.69) is 4.74 Å². The molecule has 1 radical (unpaired) electrons. The van der Waals surface area contributed by atoms with Crippen LogP contribution in [-0.2, 0) is 0 Å². The first-order chi connectivity index (χ1) is 9.85. The second-order valence-electron chi connectivity index (χ2n) is 4.37. The molecule has 0 aliphatic carbocycles. The van der Waals surface area contributed by atoms with Crippen molar-refractivity contribution in [3.05, 3.63) is 52.8 Å². The van der Waals surface area contributed by atoms with Crippen LogP contribution in [0.25, 0.3) is 0 Å². The molecular formula is C14H9BF5O. The first-order valence-corrected chi connectivity index (χ1v) is 5.87. The standard InChI is InChI=1S/C14H9BF5O/c1-6-3-10(18)12(14(20)13(6)19)15-7-4-11(21-2)9(17)5-8(7)16/h3-5H,1-2H3. The highest BCUT2D eigenvalue weighted by Crippen LogP contribution is 2.16. The molecule has 7 heteroatoms. The third kappa shape index (κ3) is 2.86. The molecule has 2 rings (SSSR count). The van der Waals surface area contributed by atoms with E-state index in [1.165, 1.54) is 6.92 Å². The van der Waals surface area contributed by atoms with Crippen LogP contribution < -0.4 is 15.7 Å². The van der Waals surface area contributed by atoms with Gasteiger partial charge in [0.1, 0.15) is 11.6 Å². The Bertz CT molecular complexity index is 702. The minimum Gasteiger partial charge on any atom is -0.494 e. The van der Waals surface area contributed by atoms with Gasteiger partial charge in [-0.25, -0.2) is 22.0 Å². The Morgan fingerprint density at radius 1 is 0.857 bits per heavy atom. The van der Waals surface area contributed by atoms with Gasteiger partial charge in [-0.2, -0.15) is 0 Å². The van der Waals surface area contributed by atoms with Gasteiger partial charge in [-0.1, -0.05) is 0 Å². The molecule has 0 spiro atoms. The topological polar surface area (TPSA) is 9.23 Å². The zero-order valence-corrected chi connectivity index (χ0v) is 11.1. The molecular weight excluding hydrogens is 290 g/mol. The lowest BCUT2D eigenvalue weighted by Crippen LogP contribution is -2.35. The lowest BCUT2D eigenvalue weighted by Gasteiger charge is -2.10. The molecule has 1 nitrogen and oxygen atoms in total. The highest BCUT2D eigenvalue weighted by molar-refractivity contribution is 6.67. The van der Waals surface area contributed by atoms with E-state index in [9.17, 15) is 22.0 Å². The number of rotatable bonds is 3. The Kier molecular flexibility index (Phi) is 4.20. The van der Waals surface area contributed by atoms with E-state index in [1.54, 1.807) is 0 Å². The molecule has 0 aliphatic heterocycles. The van der Waals surface area contributed by atoms with E-state index in [4.69, 9.17) is 0 Å². The van der Waals surface area contributed by atoms with Crippen molar-refractivity contribution >= 4 is 18.2 Å². The molecule has 2 aromatic carbocycles. The summed E-state index contributed by atoms with van der Waals surface area (Å²) in [7, 11) is 1.91. The molecule has 0 fully saturated rings. The van der Waals surface area contributed by atoms with Crippen molar-refractivity contribution in [3.8, 4) is 5.75 Å². The summed E-state index contributed by atoms with van der Waals surface area (Å²) in [6.45, 7) is 1.20. The van der Waals surface area contributed by atoms with Crippen LogP contribution in [0.5, 0.6) is 5.75 Å². The van der Waals surface area contributed by atoms with E-state index >= 15 is 0 Å². The molecule has 0 saturated heterocycles. The molecule has 109 valence electrons. The molecule has 0 atom stereocenters. The molecule has 0 saturated carbocycles. The lowest BCUT2D eigenvalue weighted by atomic mass is 9.63. The molecule has 0 amide bonds. The monoisotopic (exact) mass is 299 g/mol. The van der Waals surface area contributed by atoms with Gasteiger partial charge in [0.05, 0.1) is 7.11 Å². The fraction of sp³-hybridized carbons (Fsp3) is 0.143. The first kappa shape index (κ1) is 15.3. The SMILES string of the molecule is COc1cc([B]c2c(F)cc(C)c(F)c2F)c(F)cc1F. The fourth-order valence-corrected chi connectivity index (χ4v) is 1.83. The van der Waals surface area contributed by atoms with Crippen molar-refractivity contribution in [3.63, 3.8) is 0 Å². The summed E-state index contributed by atoms with van der Waals surface area (Å²) < 4.78 is 72.4. The van der Waals surface area contributed by atoms with Gasteiger partial charge in [0, 0.05) is 6.07 Å². The van der Waals surface area contributed by atoms with E-state index in [1.807, 2.05) is 0 Å². The van der Waals surface area contributed by atoms with E-state index in [0.717, 1.165) is 26.5 Å². The number of ether oxygens (including phenoxy) is 1. The zero-order chi connectivity index (χ0) is 15.7. The number of methoxy groups -OCH3 is 1.